The molecule has 0 aliphatic heterocycles. The Balaban J connectivity index is 0.00000225. The van der Waals surface area contributed by atoms with E-state index in [1.54, 1.807) is 23.0 Å². The standard InChI is InChI=1S/C20H18ClFN4O.ClH/c1-12-19(21)20(13-5-6-13)26(25-12)17-8-7-15(10-16(17)22)24-18(27)11-14-4-2-3-9-23-14;/h2-4,7-10,13H,5-6,11H2,1H3,(H,24,27);1H. The van der Waals surface area contributed by atoms with E-state index in [0.717, 1.165) is 24.2 Å². The molecule has 1 saturated carbocycles. The first-order valence-corrected chi connectivity index (χ1v) is 9.21. The molecule has 0 spiro atoms. The summed E-state index contributed by atoms with van der Waals surface area (Å²) in [5.74, 6) is -0.346. The number of pyridine rings is 1. The second kappa shape index (κ2) is 8.29. The van der Waals surface area contributed by atoms with E-state index in [1.165, 1.54) is 6.07 Å². The lowest BCUT2D eigenvalue weighted by atomic mass is 10.2. The van der Waals surface area contributed by atoms with Crippen LogP contribution in [0, 0.1) is 12.7 Å². The van der Waals surface area contributed by atoms with Gasteiger partial charge in [0.25, 0.3) is 0 Å². The topological polar surface area (TPSA) is 61.1 Å². The predicted molar refractivity (Wildman–Crippen MR) is 101 cm³/mol. The average Bonchev–Trinajstić information content (AvgIpc) is 3.42. The van der Waals surface area contributed by atoms with Crippen LogP contribution in [0.5, 0.6) is 0 Å². The molecule has 1 aliphatic rings. The smallest absolute Gasteiger partial charge is 0.234 e. The van der Waals surface area contributed by atoms with Crippen molar-refractivity contribution in [3.05, 3.63) is 70.5 Å². The molecule has 28 heavy (non-hydrogen) atoms. The van der Waals surface area contributed by atoms with E-state index >= 15 is 0 Å². The fraction of sp³-hybridized carbons (Fsp3) is 0.250. The molecule has 1 aromatic carbocycles. The van der Waals surface area contributed by atoms with Crippen LogP contribution in [0.25, 0.3) is 5.69 Å². The molecule has 2 heterocycles. The number of rotatable bonds is 5. The molecule has 2 N–H and O–H groups in total. The first kappa shape index (κ1) is 20.3. The molecule has 0 bridgehead atoms. The van der Waals surface area contributed by atoms with Gasteiger partial charge >= 0.3 is 0 Å². The molecule has 2 aromatic heterocycles. The third-order valence-corrected chi connectivity index (χ3v) is 5.04. The predicted octanol–water partition coefficient (Wildman–Crippen LogP) is 0.850. The van der Waals surface area contributed by atoms with E-state index in [4.69, 9.17) is 11.6 Å². The van der Waals surface area contributed by atoms with Crippen molar-refractivity contribution in [2.24, 2.45) is 0 Å². The van der Waals surface area contributed by atoms with E-state index < -0.39 is 5.82 Å². The van der Waals surface area contributed by atoms with Crippen molar-refractivity contribution in [1.29, 1.82) is 0 Å². The van der Waals surface area contributed by atoms with Crippen molar-refractivity contribution in [3.63, 3.8) is 0 Å². The van der Waals surface area contributed by atoms with E-state index in [0.29, 0.717) is 28.0 Å². The van der Waals surface area contributed by atoms with Gasteiger partial charge < -0.3 is 17.7 Å². The number of carbonyl (C=O) groups is 1. The fourth-order valence-corrected chi connectivity index (χ4v) is 3.37. The summed E-state index contributed by atoms with van der Waals surface area (Å²) in [7, 11) is 0. The SMILES string of the molecule is Cc1nn(-c2ccc(NC(=O)Cc3cccc[nH+]3)cc2F)c(C2CC2)c1Cl.[Cl-]. The van der Waals surface area contributed by atoms with Gasteiger partial charge in [-0.2, -0.15) is 5.10 Å². The molecule has 0 atom stereocenters. The van der Waals surface area contributed by atoms with Gasteiger partial charge in [0.2, 0.25) is 5.91 Å². The van der Waals surface area contributed by atoms with Crippen molar-refractivity contribution >= 4 is 23.2 Å². The van der Waals surface area contributed by atoms with Gasteiger partial charge in [0.15, 0.2) is 17.7 Å². The lowest BCUT2D eigenvalue weighted by molar-refractivity contribution is -0.389. The number of benzene rings is 1. The quantitative estimate of drug-likeness (QED) is 0.664. The molecule has 0 unspecified atom stereocenters. The van der Waals surface area contributed by atoms with Gasteiger partial charge in [-0.3, -0.25) is 4.79 Å². The Morgan fingerprint density at radius 2 is 2.14 bits per heavy atom. The Hall–Kier alpha value is -2.44. The third kappa shape index (κ3) is 4.18. The number of halogens is 3. The lowest BCUT2D eigenvalue weighted by Crippen LogP contribution is -3.00. The van der Waals surface area contributed by atoms with E-state index in [9.17, 15) is 9.18 Å². The summed E-state index contributed by atoms with van der Waals surface area (Å²) in [4.78, 5) is 15.2. The van der Waals surface area contributed by atoms with Crippen molar-refractivity contribution < 1.29 is 26.6 Å². The van der Waals surface area contributed by atoms with Gasteiger partial charge in [-0.05, 0) is 38.0 Å². The molecular weight excluding hydrogens is 402 g/mol. The summed E-state index contributed by atoms with van der Waals surface area (Å²) in [6.07, 6.45) is 4.02. The second-order valence-corrected chi connectivity index (χ2v) is 7.13. The minimum atomic E-state index is -0.458. The minimum Gasteiger partial charge on any atom is -1.00 e. The minimum absolute atomic E-state index is 0. The highest BCUT2D eigenvalue weighted by Crippen LogP contribution is 2.45. The third-order valence-electron chi connectivity index (χ3n) is 4.57. The zero-order valence-electron chi connectivity index (χ0n) is 15.2. The summed E-state index contributed by atoms with van der Waals surface area (Å²) >= 11 is 6.36. The van der Waals surface area contributed by atoms with Gasteiger partial charge in [0.1, 0.15) is 12.1 Å². The molecule has 4 rings (SSSR count). The maximum absolute atomic E-state index is 14.8. The zero-order valence-corrected chi connectivity index (χ0v) is 16.7. The molecule has 8 heteroatoms. The number of carbonyl (C=O) groups excluding carboxylic acids is 1. The molecule has 5 nitrogen and oxygen atoms in total. The molecule has 146 valence electrons. The van der Waals surface area contributed by atoms with E-state index in [2.05, 4.69) is 15.4 Å². The zero-order chi connectivity index (χ0) is 19.0. The highest BCUT2D eigenvalue weighted by atomic mass is 35.5. The fourth-order valence-electron chi connectivity index (χ4n) is 3.09. The Labute approximate surface area is 173 Å². The highest BCUT2D eigenvalue weighted by Gasteiger charge is 2.32. The summed E-state index contributed by atoms with van der Waals surface area (Å²) in [5.41, 5.74) is 3.07. The largest absolute Gasteiger partial charge is 1.00 e. The number of aromatic nitrogens is 3. The number of anilines is 1. The molecular formula is C20H19Cl2FN4O. The number of hydrogen-bond acceptors (Lipinski definition) is 2. The Bertz CT molecular complexity index is 1000. The van der Waals surface area contributed by atoms with Gasteiger partial charge in [-0.25, -0.2) is 14.1 Å². The second-order valence-electron chi connectivity index (χ2n) is 6.75. The normalized spacial score (nSPS) is 13.1. The number of hydrogen-bond donors (Lipinski definition) is 1. The number of amides is 1. The van der Waals surface area contributed by atoms with Crippen LogP contribution in [0.4, 0.5) is 10.1 Å². The monoisotopic (exact) mass is 420 g/mol. The highest BCUT2D eigenvalue weighted by molar-refractivity contribution is 6.32. The van der Waals surface area contributed by atoms with Crippen LogP contribution >= 0.6 is 11.6 Å². The van der Waals surface area contributed by atoms with Crippen molar-refractivity contribution in [2.45, 2.75) is 32.1 Å². The van der Waals surface area contributed by atoms with Crippen LogP contribution in [0.2, 0.25) is 5.02 Å². The van der Waals surface area contributed by atoms with Gasteiger partial charge in [0, 0.05) is 23.7 Å². The Kier molecular flexibility index (Phi) is 6.01. The van der Waals surface area contributed by atoms with Crippen molar-refractivity contribution in [1.82, 2.24) is 9.78 Å². The molecule has 1 aliphatic carbocycles. The van der Waals surface area contributed by atoms with Crippen LogP contribution in [0.3, 0.4) is 0 Å². The summed E-state index contributed by atoms with van der Waals surface area (Å²) < 4.78 is 16.3. The number of aryl methyl sites for hydroxylation is 1. The maximum Gasteiger partial charge on any atom is 0.234 e. The summed E-state index contributed by atoms with van der Waals surface area (Å²) in [6.45, 7) is 1.82. The Morgan fingerprint density at radius 1 is 1.36 bits per heavy atom. The lowest BCUT2D eigenvalue weighted by Gasteiger charge is -2.10. The van der Waals surface area contributed by atoms with Crippen LogP contribution in [0.15, 0.2) is 42.6 Å². The van der Waals surface area contributed by atoms with Crippen LogP contribution in [0.1, 0.15) is 35.8 Å². The molecule has 3 aromatic rings. The number of nitrogens with zero attached hydrogens (tertiary/aromatic N) is 2. The average molecular weight is 421 g/mol. The first-order valence-electron chi connectivity index (χ1n) is 8.83. The van der Waals surface area contributed by atoms with E-state index in [1.807, 2.05) is 25.1 Å². The molecule has 0 radical (unpaired) electrons. The number of nitrogens with one attached hydrogen (secondary N) is 2. The Morgan fingerprint density at radius 3 is 2.79 bits per heavy atom. The van der Waals surface area contributed by atoms with E-state index in [-0.39, 0.29) is 24.7 Å². The van der Waals surface area contributed by atoms with Crippen molar-refractivity contribution in [3.8, 4) is 5.69 Å². The van der Waals surface area contributed by atoms with Crippen LogP contribution in [-0.4, -0.2) is 15.7 Å². The van der Waals surface area contributed by atoms with Crippen LogP contribution in [-0.2, 0) is 11.2 Å². The van der Waals surface area contributed by atoms with Gasteiger partial charge in [0.05, 0.1) is 16.4 Å². The molecule has 1 amide bonds. The first-order chi connectivity index (χ1) is 13.0. The van der Waals surface area contributed by atoms with Crippen molar-refractivity contribution in [2.75, 3.05) is 5.32 Å². The number of H-pyrrole nitrogens is 1. The van der Waals surface area contributed by atoms with Gasteiger partial charge in [-0.15, -0.1) is 0 Å². The molecule has 1 fully saturated rings. The summed E-state index contributed by atoms with van der Waals surface area (Å²) in [6, 6.07) is 10.1. The maximum atomic E-state index is 14.8. The molecule has 0 saturated heterocycles. The van der Waals surface area contributed by atoms with Crippen LogP contribution < -0.4 is 22.7 Å². The number of aromatic amines is 1. The summed E-state index contributed by atoms with van der Waals surface area (Å²) in [5, 5.41) is 7.73. The van der Waals surface area contributed by atoms with Gasteiger partial charge in [-0.1, -0.05) is 17.7 Å².